The number of rotatable bonds is 1. The Balaban J connectivity index is 2.28. The number of imidazole rings is 1. The number of fused-ring (bicyclic) bond motifs is 1. The molecule has 0 aliphatic rings. The van der Waals surface area contributed by atoms with Crippen LogP contribution < -0.4 is 5.73 Å². The van der Waals surface area contributed by atoms with E-state index >= 15 is 0 Å². The number of hydrogen-bond donors (Lipinski definition) is 1. The number of aryl methyl sites for hydroxylation is 3. The Morgan fingerprint density at radius 2 is 2.00 bits per heavy atom. The molecule has 0 atom stereocenters. The topological polar surface area (TPSA) is 43.3 Å². The monoisotopic (exact) mass is 257 g/mol. The number of nitrogen functional groups attached to an aromatic ring is 1. The molecule has 2 N–H and O–H groups in total. The van der Waals surface area contributed by atoms with Crippen molar-refractivity contribution in [2.75, 3.05) is 5.73 Å². The minimum Gasteiger partial charge on any atom is -0.383 e. The molecule has 0 radical (unpaired) electrons. The number of nitrogens with two attached hydrogens (primary N) is 1. The number of nitrogens with zero attached hydrogens (tertiary/aromatic N) is 2. The molecule has 18 heavy (non-hydrogen) atoms. The van der Waals surface area contributed by atoms with Crippen molar-refractivity contribution in [1.82, 2.24) is 9.38 Å². The molecular weight excluding hydrogens is 242 g/mol. The fraction of sp³-hybridized carbons (Fsp3) is 0.214. The second-order valence-electron chi connectivity index (χ2n) is 4.66. The van der Waals surface area contributed by atoms with Crippen molar-refractivity contribution in [3.63, 3.8) is 0 Å². The molecule has 0 aliphatic carbocycles. The molecule has 0 unspecified atom stereocenters. The van der Waals surface area contributed by atoms with Gasteiger partial charge in [-0.25, -0.2) is 4.98 Å². The van der Waals surface area contributed by atoms with Gasteiger partial charge in [0.1, 0.15) is 11.5 Å². The van der Waals surface area contributed by atoms with Gasteiger partial charge in [-0.3, -0.25) is 4.40 Å². The number of hydrogen-bond acceptors (Lipinski definition) is 3. The first-order chi connectivity index (χ1) is 8.58. The molecule has 0 spiro atoms. The first-order valence-corrected chi connectivity index (χ1v) is 6.75. The predicted octanol–water partition coefficient (Wildman–Crippen LogP) is 3.57. The van der Waals surface area contributed by atoms with Crippen LogP contribution in [0.3, 0.4) is 0 Å². The maximum atomic E-state index is 6.23. The Bertz CT molecular complexity index is 737. The van der Waals surface area contributed by atoms with Crippen molar-refractivity contribution in [3.05, 3.63) is 40.4 Å². The summed E-state index contributed by atoms with van der Waals surface area (Å²) in [6.45, 7) is 6.24. The fourth-order valence-corrected chi connectivity index (χ4v) is 3.17. The summed E-state index contributed by atoms with van der Waals surface area (Å²) in [5.74, 6) is 0.732. The van der Waals surface area contributed by atoms with Crippen molar-refractivity contribution in [3.8, 4) is 11.3 Å². The highest BCUT2D eigenvalue weighted by atomic mass is 32.1. The zero-order valence-electron chi connectivity index (χ0n) is 10.7. The lowest BCUT2D eigenvalue weighted by Gasteiger charge is -2.05. The summed E-state index contributed by atoms with van der Waals surface area (Å²) in [5.41, 5.74) is 11.8. The van der Waals surface area contributed by atoms with Crippen molar-refractivity contribution >= 4 is 22.1 Å². The standard InChI is InChI=1S/C14H15N3S/c1-8-4-5-11(9(2)6-8)12-13(15)17-10(3)7-18-14(17)16-12/h4-7H,15H2,1-3H3. The van der Waals surface area contributed by atoms with Crippen LogP contribution in [0.5, 0.6) is 0 Å². The maximum absolute atomic E-state index is 6.23. The first kappa shape index (κ1) is 11.3. The molecule has 3 aromatic rings. The molecular formula is C14H15N3S. The summed E-state index contributed by atoms with van der Waals surface area (Å²) in [6.07, 6.45) is 0. The molecule has 0 saturated carbocycles. The van der Waals surface area contributed by atoms with E-state index in [0.29, 0.717) is 0 Å². The van der Waals surface area contributed by atoms with Gasteiger partial charge in [-0.2, -0.15) is 0 Å². The Kier molecular flexibility index (Phi) is 2.41. The third-order valence-electron chi connectivity index (χ3n) is 3.21. The lowest BCUT2D eigenvalue weighted by molar-refractivity contribution is 1.14. The molecule has 2 heterocycles. The Labute approximate surface area is 110 Å². The van der Waals surface area contributed by atoms with Gasteiger partial charge in [-0.15, -0.1) is 11.3 Å². The Morgan fingerprint density at radius 3 is 2.67 bits per heavy atom. The first-order valence-electron chi connectivity index (χ1n) is 5.87. The van der Waals surface area contributed by atoms with Gasteiger partial charge in [0.05, 0.1) is 0 Å². The van der Waals surface area contributed by atoms with E-state index in [1.807, 2.05) is 11.3 Å². The lowest BCUT2D eigenvalue weighted by Crippen LogP contribution is -1.95. The van der Waals surface area contributed by atoms with E-state index in [9.17, 15) is 0 Å². The van der Waals surface area contributed by atoms with E-state index in [1.165, 1.54) is 11.1 Å². The minimum absolute atomic E-state index is 0.732. The molecule has 92 valence electrons. The molecule has 0 saturated heterocycles. The van der Waals surface area contributed by atoms with E-state index in [0.717, 1.165) is 27.7 Å². The van der Waals surface area contributed by atoms with Crippen LogP contribution in [0, 0.1) is 20.8 Å². The van der Waals surface area contributed by atoms with E-state index in [-0.39, 0.29) is 0 Å². The summed E-state index contributed by atoms with van der Waals surface area (Å²) in [4.78, 5) is 5.61. The third-order valence-corrected chi connectivity index (χ3v) is 4.15. The van der Waals surface area contributed by atoms with Crippen LogP contribution in [0.15, 0.2) is 23.6 Å². The maximum Gasteiger partial charge on any atom is 0.196 e. The van der Waals surface area contributed by atoms with Crippen LogP contribution in [0.2, 0.25) is 0 Å². The normalized spacial score (nSPS) is 11.3. The molecule has 0 fully saturated rings. The van der Waals surface area contributed by atoms with Crippen molar-refractivity contribution in [2.45, 2.75) is 20.8 Å². The molecule has 0 amide bonds. The summed E-state index contributed by atoms with van der Waals surface area (Å²) < 4.78 is 2.01. The average molecular weight is 257 g/mol. The van der Waals surface area contributed by atoms with Gasteiger partial charge in [0.2, 0.25) is 0 Å². The van der Waals surface area contributed by atoms with Crippen LogP contribution in [0.1, 0.15) is 16.8 Å². The Morgan fingerprint density at radius 1 is 1.22 bits per heavy atom. The van der Waals surface area contributed by atoms with Crippen LogP contribution in [-0.2, 0) is 0 Å². The molecule has 2 aromatic heterocycles. The SMILES string of the molecule is Cc1ccc(-c2nc3scc(C)n3c2N)c(C)c1. The fourth-order valence-electron chi connectivity index (χ4n) is 2.30. The van der Waals surface area contributed by atoms with Gasteiger partial charge in [-0.05, 0) is 26.3 Å². The van der Waals surface area contributed by atoms with Gasteiger partial charge in [0, 0.05) is 16.6 Å². The summed E-state index contributed by atoms with van der Waals surface area (Å²) in [5, 5.41) is 2.07. The van der Waals surface area contributed by atoms with E-state index < -0.39 is 0 Å². The quantitative estimate of drug-likeness (QED) is 0.724. The second-order valence-corrected chi connectivity index (χ2v) is 5.50. The smallest absolute Gasteiger partial charge is 0.196 e. The van der Waals surface area contributed by atoms with Crippen LogP contribution in [0.25, 0.3) is 16.2 Å². The molecule has 1 aromatic carbocycles. The summed E-state index contributed by atoms with van der Waals surface area (Å²) in [6, 6.07) is 6.36. The molecule has 4 heteroatoms. The summed E-state index contributed by atoms with van der Waals surface area (Å²) >= 11 is 1.62. The van der Waals surface area contributed by atoms with Gasteiger partial charge in [0.25, 0.3) is 0 Å². The highest BCUT2D eigenvalue weighted by Crippen LogP contribution is 2.32. The van der Waals surface area contributed by atoms with Crippen molar-refractivity contribution < 1.29 is 0 Å². The van der Waals surface area contributed by atoms with Crippen LogP contribution in [0.4, 0.5) is 5.82 Å². The van der Waals surface area contributed by atoms with Crippen molar-refractivity contribution in [2.24, 2.45) is 0 Å². The van der Waals surface area contributed by atoms with E-state index in [1.54, 1.807) is 11.3 Å². The predicted molar refractivity (Wildman–Crippen MR) is 77.1 cm³/mol. The minimum atomic E-state index is 0.732. The number of anilines is 1. The number of aromatic nitrogens is 2. The average Bonchev–Trinajstić information content (AvgIpc) is 2.82. The number of benzene rings is 1. The largest absolute Gasteiger partial charge is 0.383 e. The van der Waals surface area contributed by atoms with Crippen LogP contribution in [-0.4, -0.2) is 9.38 Å². The lowest BCUT2D eigenvalue weighted by atomic mass is 10.0. The summed E-state index contributed by atoms with van der Waals surface area (Å²) in [7, 11) is 0. The van der Waals surface area contributed by atoms with Gasteiger partial charge in [0.15, 0.2) is 4.96 Å². The van der Waals surface area contributed by atoms with Gasteiger partial charge >= 0.3 is 0 Å². The van der Waals surface area contributed by atoms with E-state index in [4.69, 9.17) is 5.73 Å². The second kappa shape index (κ2) is 3.85. The molecule has 0 bridgehead atoms. The zero-order valence-corrected chi connectivity index (χ0v) is 11.5. The number of thiazole rings is 1. The molecule has 3 nitrogen and oxygen atoms in total. The Hall–Kier alpha value is -1.81. The van der Waals surface area contributed by atoms with Gasteiger partial charge in [-0.1, -0.05) is 23.8 Å². The van der Waals surface area contributed by atoms with Gasteiger partial charge < -0.3 is 5.73 Å². The zero-order chi connectivity index (χ0) is 12.9. The third kappa shape index (κ3) is 1.53. The van der Waals surface area contributed by atoms with Crippen molar-refractivity contribution in [1.29, 1.82) is 0 Å². The van der Waals surface area contributed by atoms with E-state index in [2.05, 4.69) is 42.4 Å². The highest BCUT2D eigenvalue weighted by molar-refractivity contribution is 7.15. The van der Waals surface area contributed by atoms with Crippen LogP contribution >= 0.6 is 11.3 Å². The molecule has 3 rings (SSSR count). The highest BCUT2D eigenvalue weighted by Gasteiger charge is 2.15. The molecule has 0 aliphatic heterocycles.